The zero-order valence-corrected chi connectivity index (χ0v) is 11.4. The Hall–Kier alpha value is -2.01. The van der Waals surface area contributed by atoms with Crippen LogP contribution in [-0.4, -0.2) is 34.6 Å². The van der Waals surface area contributed by atoms with E-state index in [-0.39, 0.29) is 0 Å². The summed E-state index contributed by atoms with van der Waals surface area (Å²) in [5.74, 6) is 1.66. The van der Waals surface area contributed by atoms with Crippen LogP contribution in [-0.2, 0) is 0 Å². The van der Waals surface area contributed by atoms with Gasteiger partial charge in [-0.1, -0.05) is 0 Å². The number of rotatable bonds is 3. The molecule has 2 N–H and O–H groups in total. The number of aromatic nitrogens is 3. The van der Waals surface area contributed by atoms with E-state index >= 15 is 0 Å². The van der Waals surface area contributed by atoms with Crippen LogP contribution in [0.1, 0.15) is 12.8 Å². The minimum absolute atomic E-state index is 0.660. The lowest BCUT2D eigenvalue weighted by Crippen LogP contribution is -2.36. The summed E-state index contributed by atoms with van der Waals surface area (Å²) < 4.78 is 0. The summed E-state index contributed by atoms with van der Waals surface area (Å²) in [4.78, 5) is 15.1. The highest BCUT2D eigenvalue weighted by Crippen LogP contribution is 2.24. The lowest BCUT2D eigenvalue weighted by atomic mass is 9.97. The van der Waals surface area contributed by atoms with Gasteiger partial charge >= 0.3 is 0 Å². The second kappa shape index (κ2) is 5.96. The molecule has 1 aliphatic heterocycles. The van der Waals surface area contributed by atoms with Crippen molar-refractivity contribution in [1.29, 1.82) is 0 Å². The Morgan fingerprint density at radius 1 is 1.15 bits per heavy atom. The molecule has 0 bridgehead atoms. The van der Waals surface area contributed by atoms with Crippen molar-refractivity contribution < 1.29 is 0 Å². The molecule has 1 fully saturated rings. The lowest BCUT2D eigenvalue weighted by Gasteiger charge is -2.32. The van der Waals surface area contributed by atoms with E-state index in [1.807, 2.05) is 12.1 Å². The lowest BCUT2D eigenvalue weighted by molar-refractivity contribution is 0.413. The fourth-order valence-corrected chi connectivity index (χ4v) is 2.60. The fraction of sp³-hybridized carbons (Fsp3) is 0.400. The van der Waals surface area contributed by atoms with Crippen LogP contribution in [0.4, 0.5) is 5.82 Å². The molecule has 3 heterocycles. The molecule has 0 amide bonds. The Morgan fingerprint density at radius 3 is 2.60 bits per heavy atom. The molecule has 5 heteroatoms. The summed E-state index contributed by atoms with van der Waals surface area (Å²) in [6, 6.07) is 5.98. The first-order valence-electron chi connectivity index (χ1n) is 7.04. The van der Waals surface area contributed by atoms with E-state index in [9.17, 15) is 0 Å². The van der Waals surface area contributed by atoms with Gasteiger partial charge in [-0.25, -0.2) is 9.97 Å². The van der Waals surface area contributed by atoms with Gasteiger partial charge in [-0.05, 0) is 37.4 Å². The van der Waals surface area contributed by atoms with Gasteiger partial charge in [0.05, 0.1) is 5.69 Å². The van der Waals surface area contributed by atoms with Crippen LogP contribution in [0.2, 0.25) is 0 Å². The maximum atomic E-state index is 5.74. The first-order valence-corrected chi connectivity index (χ1v) is 7.04. The summed E-state index contributed by atoms with van der Waals surface area (Å²) in [5, 5.41) is 0. The highest BCUT2D eigenvalue weighted by atomic mass is 15.2. The van der Waals surface area contributed by atoms with Crippen LogP contribution in [0, 0.1) is 5.92 Å². The Labute approximate surface area is 118 Å². The Balaban J connectivity index is 1.78. The molecular formula is C15H19N5. The molecule has 2 aromatic heterocycles. The average molecular weight is 269 g/mol. The molecule has 1 saturated heterocycles. The molecule has 0 radical (unpaired) electrons. The van der Waals surface area contributed by atoms with Gasteiger partial charge < -0.3 is 10.6 Å². The van der Waals surface area contributed by atoms with Gasteiger partial charge in [-0.15, -0.1) is 0 Å². The number of piperidine rings is 1. The van der Waals surface area contributed by atoms with Crippen molar-refractivity contribution in [1.82, 2.24) is 15.0 Å². The minimum atomic E-state index is 0.660. The molecule has 0 unspecified atom stereocenters. The molecule has 0 spiro atoms. The third kappa shape index (κ3) is 2.77. The van der Waals surface area contributed by atoms with Crippen LogP contribution >= 0.6 is 0 Å². The van der Waals surface area contributed by atoms with E-state index < -0.39 is 0 Å². The largest absolute Gasteiger partial charge is 0.356 e. The molecular weight excluding hydrogens is 250 g/mol. The summed E-state index contributed by atoms with van der Waals surface area (Å²) in [6.45, 7) is 2.84. The number of pyridine rings is 1. The molecule has 2 aromatic rings. The monoisotopic (exact) mass is 269 g/mol. The summed E-state index contributed by atoms with van der Waals surface area (Å²) >= 11 is 0. The molecule has 0 atom stereocenters. The first kappa shape index (κ1) is 13.0. The second-order valence-corrected chi connectivity index (χ2v) is 5.16. The first-order chi connectivity index (χ1) is 9.86. The predicted octanol–water partition coefficient (Wildman–Crippen LogP) is 1.71. The molecule has 5 nitrogen and oxygen atoms in total. The third-order valence-corrected chi connectivity index (χ3v) is 3.90. The number of anilines is 1. The Bertz CT molecular complexity index is 549. The standard InChI is InChI=1S/C15H19N5/c16-10-12-3-7-20(8-4-12)15-9-14(18-11-19-15)13-1-5-17-6-2-13/h1-2,5-6,9,11-12H,3-4,7-8,10,16H2. The number of hydrogen-bond acceptors (Lipinski definition) is 5. The van der Waals surface area contributed by atoms with Crippen molar-refractivity contribution in [3.63, 3.8) is 0 Å². The highest BCUT2D eigenvalue weighted by molar-refractivity contribution is 5.61. The molecule has 104 valence electrons. The van der Waals surface area contributed by atoms with Gasteiger partial charge in [0.1, 0.15) is 12.1 Å². The van der Waals surface area contributed by atoms with Gasteiger partial charge in [0, 0.05) is 37.1 Å². The van der Waals surface area contributed by atoms with E-state index in [0.717, 1.165) is 49.6 Å². The number of hydrogen-bond donors (Lipinski definition) is 1. The molecule has 1 aliphatic rings. The van der Waals surface area contributed by atoms with Crippen molar-refractivity contribution in [2.45, 2.75) is 12.8 Å². The Kier molecular flexibility index (Phi) is 3.87. The van der Waals surface area contributed by atoms with Crippen LogP contribution in [0.5, 0.6) is 0 Å². The predicted molar refractivity (Wildman–Crippen MR) is 79.3 cm³/mol. The van der Waals surface area contributed by atoms with E-state index in [2.05, 4.69) is 25.9 Å². The normalized spacial score (nSPS) is 16.4. The molecule has 0 aliphatic carbocycles. The van der Waals surface area contributed by atoms with E-state index in [0.29, 0.717) is 5.92 Å². The van der Waals surface area contributed by atoms with Crippen LogP contribution < -0.4 is 10.6 Å². The zero-order chi connectivity index (χ0) is 13.8. The Morgan fingerprint density at radius 2 is 1.90 bits per heavy atom. The van der Waals surface area contributed by atoms with Crippen LogP contribution in [0.3, 0.4) is 0 Å². The van der Waals surface area contributed by atoms with Gasteiger partial charge in [-0.3, -0.25) is 4.98 Å². The maximum absolute atomic E-state index is 5.74. The van der Waals surface area contributed by atoms with Gasteiger partial charge in [-0.2, -0.15) is 0 Å². The van der Waals surface area contributed by atoms with Gasteiger partial charge in [0.15, 0.2) is 0 Å². The van der Waals surface area contributed by atoms with Gasteiger partial charge in [0.2, 0.25) is 0 Å². The van der Waals surface area contributed by atoms with E-state index in [1.54, 1.807) is 18.7 Å². The van der Waals surface area contributed by atoms with Crippen molar-refractivity contribution >= 4 is 5.82 Å². The summed E-state index contributed by atoms with van der Waals surface area (Å²) in [6.07, 6.45) is 7.49. The molecule has 0 saturated carbocycles. The zero-order valence-electron chi connectivity index (χ0n) is 11.4. The van der Waals surface area contributed by atoms with Crippen molar-refractivity contribution in [2.75, 3.05) is 24.5 Å². The maximum Gasteiger partial charge on any atom is 0.132 e. The van der Waals surface area contributed by atoms with E-state index in [1.165, 1.54) is 0 Å². The fourth-order valence-electron chi connectivity index (χ4n) is 2.60. The minimum Gasteiger partial charge on any atom is -0.356 e. The average Bonchev–Trinajstić information content (AvgIpc) is 2.56. The summed E-state index contributed by atoms with van der Waals surface area (Å²) in [5.41, 5.74) is 7.75. The highest BCUT2D eigenvalue weighted by Gasteiger charge is 2.19. The number of nitrogens with two attached hydrogens (primary N) is 1. The molecule has 20 heavy (non-hydrogen) atoms. The van der Waals surface area contributed by atoms with Crippen LogP contribution in [0.25, 0.3) is 11.3 Å². The molecule has 0 aromatic carbocycles. The third-order valence-electron chi connectivity index (χ3n) is 3.90. The van der Waals surface area contributed by atoms with Gasteiger partial charge in [0.25, 0.3) is 0 Å². The second-order valence-electron chi connectivity index (χ2n) is 5.16. The van der Waals surface area contributed by atoms with Crippen molar-refractivity contribution in [3.8, 4) is 11.3 Å². The summed E-state index contributed by atoms with van der Waals surface area (Å²) in [7, 11) is 0. The van der Waals surface area contributed by atoms with E-state index in [4.69, 9.17) is 5.73 Å². The molecule has 3 rings (SSSR count). The SMILES string of the molecule is NCC1CCN(c2cc(-c3ccncc3)ncn2)CC1. The van der Waals surface area contributed by atoms with Crippen molar-refractivity contribution in [2.24, 2.45) is 11.7 Å². The number of nitrogens with zero attached hydrogens (tertiary/aromatic N) is 4. The quantitative estimate of drug-likeness (QED) is 0.918. The van der Waals surface area contributed by atoms with Crippen molar-refractivity contribution in [3.05, 3.63) is 36.9 Å². The topological polar surface area (TPSA) is 67.9 Å². The van der Waals surface area contributed by atoms with Crippen LogP contribution in [0.15, 0.2) is 36.9 Å². The smallest absolute Gasteiger partial charge is 0.132 e.